The van der Waals surface area contributed by atoms with Crippen molar-refractivity contribution in [3.8, 4) is 0 Å². The van der Waals surface area contributed by atoms with E-state index in [9.17, 15) is 9.59 Å². The fourth-order valence-electron chi connectivity index (χ4n) is 1.94. The van der Waals surface area contributed by atoms with Crippen LogP contribution in [0.3, 0.4) is 0 Å². The first kappa shape index (κ1) is 14.0. The van der Waals surface area contributed by atoms with Crippen molar-refractivity contribution in [2.45, 2.75) is 32.7 Å². The summed E-state index contributed by atoms with van der Waals surface area (Å²) >= 11 is 0. The van der Waals surface area contributed by atoms with E-state index < -0.39 is 5.54 Å². The maximum Gasteiger partial charge on any atom is 0.242 e. The fraction of sp³-hybridized carbons (Fsp3) is 0.833. The van der Waals surface area contributed by atoms with Crippen molar-refractivity contribution in [1.29, 1.82) is 0 Å². The second-order valence-electron chi connectivity index (χ2n) is 5.03. The Balaban J connectivity index is 2.63. The Bertz CT molecular complexity index is 302. The summed E-state index contributed by atoms with van der Waals surface area (Å²) in [5.74, 6) is 0.192. The summed E-state index contributed by atoms with van der Waals surface area (Å²) in [5.41, 5.74) is -0.536. The highest BCUT2D eigenvalue weighted by Crippen LogP contribution is 2.11. The first-order valence-corrected chi connectivity index (χ1v) is 6.12. The molecule has 0 aromatic carbocycles. The highest BCUT2D eigenvalue weighted by molar-refractivity contribution is 5.85. The molecule has 1 aliphatic rings. The number of hydrogen-bond acceptors (Lipinski definition) is 3. The minimum Gasteiger partial charge on any atom is -0.341 e. The summed E-state index contributed by atoms with van der Waals surface area (Å²) in [7, 11) is 1.79. The Hall–Kier alpha value is -1.10. The van der Waals surface area contributed by atoms with Gasteiger partial charge in [-0.05, 0) is 27.3 Å². The van der Waals surface area contributed by atoms with Gasteiger partial charge in [-0.25, -0.2) is 0 Å². The van der Waals surface area contributed by atoms with E-state index in [-0.39, 0.29) is 11.8 Å². The van der Waals surface area contributed by atoms with Crippen LogP contribution in [-0.2, 0) is 9.59 Å². The summed E-state index contributed by atoms with van der Waals surface area (Å²) < 4.78 is 0. The monoisotopic (exact) mass is 241 g/mol. The molecular formula is C12H23N3O2. The van der Waals surface area contributed by atoms with Crippen molar-refractivity contribution in [2.24, 2.45) is 0 Å². The van der Waals surface area contributed by atoms with Gasteiger partial charge in [0.05, 0.1) is 5.54 Å². The SMILES string of the molecule is CNC(C)(C)C(=O)N1CCCN(C(C)=O)CC1. The van der Waals surface area contributed by atoms with Gasteiger partial charge >= 0.3 is 0 Å². The van der Waals surface area contributed by atoms with Crippen LogP contribution in [0.4, 0.5) is 0 Å². The first-order chi connectivity index (χ1) is 7.88. The third-order valence-corrected chi connectivity index (χ3v) is 3.39. The van der Waals surface area contributed by atoms with Crippen LogP contribution in [0.5, 0.6) is 0 Å². The Labute approximate surface area is 103 Å². The van der Waals surface area contributed by atoms with Crippen molar-refractivity contribution in [2.75, 3.05) is 33.2 Å². The van der Waals surface area contributed by atoms with E-state index >= 15 is 0 Å². The van der Waals surface area contributed by atoms with Crippen molar-refractivity contribution >= 4 is 11.8 Å². The average molecular weight is 241 g/mol. The van der Waals surface area contributed by atoms with Gasteiger partial charge in [0.2, 0.25) is 11.8 Å². The van der Waals surface area contributed by atoms with Crippen molar-refractivity contribution < 1.29 is 9.59 Å². The molecule has 1 rings (SSSR count). The lowest BCUT2D eigenvalue weighted by Gasteiger charge is -2.30. The zero-order chi connectivity index (χ0) is 13.1. The van der Waals surface area contributed by atoms with E-state index in [4.69, 9.17) is 0 Å². The maximum absolute atomic E-state index is 12.2. The number of amides is 2. The summed E-state index contributed by atoms with van der Waals surface area (Å²) in [6, 6.07) is 0. The predicted molar refractivity (Wildman–Crippen MR) is 66.6 cm³/mol. The molecule has 0 aromatic rings. The van der Waals surface area contributed by atoms with Gasteiger partial charge in [0, 0.05) is 33.1 Å². The number of nitrogens with zero attached hydrogens (tertiary/aromatic N) is 2. The number of likely N-dealkylation sites (N-methyl/N-ethyl adjacent to an activating group) is 1. The van der Waals surface area contributed by atoms with Crippen molar-refractivity contribution in [1.82, 2.24) is 15.1 Å². The topological polar surface area (TPSA) is 52.7 Å². The quantitative estimate of drug-likeness (QED) is 0.744. The van der Waals surface area contributed by atoms with Crippen molar-refractivity contribution in [3.63, 3.8) is 0 Å². The van der Waals surface area contributed by atoms with E-state index in [1.165, 1.54) is 0 Å². The Morgan fingerprint density at radius 2 is 1.59 bits per heavy atom. The highest BCUT2D eigenvalue weighted by Gasteiger charge is 2.31. The number of hydrogen-bond donors (Lipinski definition) is 1. The molecule has 0 aliphatic carbocycles. The van der Waals surface area contributed by atoms with Gasteiger partial charge in [0.25, 0.3) is 0 Å². The highest BCUT2D eigenvalue weighted by atomic mass is 16.2. The van der Waals surface area contributed by atoms with Gasteiger partial charge in [-0.15, -0.1) is 0 Å². The van der Waals surface area contributed by atoms with Crippen LogP contribution in [0, 0.1) is 0 Å². The lowest BCUT2D eigenvalue weighted by atomic mass is 10.0. The average Bonchev–Trinajstić information content (AvgIpc) is 2.53. The second-order valence-corrected chi connectivity index (χ2v) is 5.03. The summed E-state index contributed by atoms with van der Waals surface area (Å²) in [5, 5.41) is 3.02. The molecule has 0 bridgehead atoms. The lowest BCUT2D eigenvalue weighted by Crippen LogP contribution is -2.53. The Kier molecular flexibility index (Phi) is 4.51. The molecule has 0 saturated carbocycles. The minimum absolute atomic E-state index is 0.0900. The first-order valence-electron chi connectivity index (χ1n) is 6.12. The molecule has 0 aromatic heterocycles. The van der Waals surface area contributed by atoms with Gasteiger partial charge in [0.1, 0.15) is 0 Å². The predicted octanol–water partition coefficient (Wildman–Crippen LogP) is 0.0652. The van der Waals surface area contributed by atoms with Crippen LogP contribution >= 0.6 is 0 Å². The Morgan fingerprint density at radius 1 is 1.06 bits per heavy atom. The molecule has 1 N–H and O–H groups in total. The standard InChI is InChI=1S/C12H23N3O2/c1-10(16)14-6-5-7-15(9-8-14)11(17)12(2,3)13-4/h13H,5-9H2,1-4H3. The van der Waals surface area contributed by atoms with Gasteiger partial charge in [0.15, 0.2) is 0 Å². The van der Waals surface area contributed by atoms with Crippen LogP contribution in [-0.4, -0.2) is 60.4 Å². The zero-order valence-corrected chi connectivity index (χ0v) is 11.2. The molecule has 1 fully saturated rings. The summed E-state index contributed by atoms with van der Waals surface area (Å²) in [6.07, 6.45) is 0.852. The number of carbonyl (C=O) groups excluding carboxylic acids is 2. The molecule has 17 heavy (non-hydrogen) atoms. The van der Waals surface area contributed by atoms with Gasteiger partial charge in [-0.1, -0.05) is 0 Å². The van der Waals surface area contributed by atoms with E-state index in [1.54, 1.807) is 18.9 Å². The Morgan fingerprint density at radius 3 is 2.12 bits per heavy atom. The smallest absolute Gasteiger partial charge is 0.242 e. The molecule has 1 aliphatic heterocycles. The van der Waals surface area contributed by atoms with Crippen LogP contribution in [0.1, 0.15) is 27.2 Å². The van der Waals surface area contributed by atoms with Gasteiger partial charge in [-0.3, -0.25) is 9.59 Å². The van der Waals surface area contributed by atoms with E-state index in [0.717, 1.165) is 19.5 Å². The molecule has 0 radical (unpaired) electrons. The molecule has 0 spiro atoms. The molecule has 1 saturated heterocycles. The number of rotatable bonds is 2. The molecule has 5 heteroatoms. The molecule has 0 atom stereocenters. The van der Waals surface area contributed by atoms with E-state index in [2.05, 4.69) is 5.32 Å². The number of carbonyl (C=O) groups is 2. The third-order valence-electron chi connectivity index (χ3n) is 3.39. The largest absolute Gasteiger partial charge is 0.341 e. The van der Waals surface area contributed by atoms with Crippen LogP contribution in [0.15, 0.2) is 0 Å². The second kappa shape index (κ2) is 5.49. The van der Waals surface area contributed by atoms with Gasteiger partial charge < -0.3 is 15.1 Å². The molecule has 2 amide bonds. The van der Waals surface area contributed by atoms with Crippen LogP contribution in [0.25, 0.3) is 0 Å². The zero-order valence-electron chi connectivity index (χ0n) is 11.2. The molecule has 98 valence electrons. The molecule has 1 heterocycles. The lowest BCUT2D eigenvalue weighted by molar-refractivity contribution is -0.137. The third kappa shape index (κ3) is 3.43. The summed E-state index contributed by atoms with van der Waals surface area (Å²) in [6.45, 7) is 8.08. The van der Waals surface area contributed by atoms with Crippen LogP contribution < -0.4 is 5.32 Å². The molecule has 5 nitrogen and oxygen atoms in total. The molecule has 0 unspecified atom stereocenters. The number of nitrogens with one attached hydrogen (secondary N) is 1. The van der Waals surface area contributed by atoms with E-state index in [0.29, 0.717) is 13.1 Å². The summed E-state index contributed by atoms with van der Waals surface area (Å²) in [4.78, 5) is 27.2. The minimum atomic E-state index is -0.536. The normalized spacial score (nSPS) is 17.9. The maximum atomic E-state index is 12.2. The van der Waals surface area contributed by atoms with Crippen LogP contribution in [0.2, 0.25) is 0 Å². The fourth-order valence-corrected chi connectivity index (χ4v) is 1.94. The van der Waals surface area contributed by atoms with E-state index in [1.807, 2.05) is 18.7 Å². The molecular weight excluding hydrogens is 218 g/mol. The van der Waals surface area contributed by atoms with Gasteiger partial charge in [-0.2, -0.15) is 0 Å². The van der Waals surface area contributed by atoms with Crippen molar-refractivity contribution in [3.05, 3.63) is 0 Å².